The third-order valence-corrected chi connectivity index (χ3v) is 4.81. The van der Waals surface area contributed by atoms with Crippen molar-refractivity contribution in [2.24, 2.45) is 5.92 Å². The van der Waals surface area contributed by atoms with Crippen LogP contribution < -0.4 is 4.74 Å². The maximum atomic E-state index is 5.20. The smallest absolute Gasteiger partial charge is 0.118 e. The largest absolute Gasteiger partial charge is 0.497 e. The number of hydrogen-bond acceptors (Lipinski definition) is 3. The fourth-order valence-electron chi connectivity index (χ4n) is 2.73. The van der Waals surface area contributed by atoms with Crippen molar-refractivity contribution in [2.75, 3.05) is 7.11 Å². The first-order valence-corrected chi connectivity index (χ1v) is 9.18. The van der Waals surface area contributed by atoms with E-state index in [2.05, 4.69) is 55.6 Å². The van der Waals surface area contributed by atoms with E-state index in [4.69, 9.17) is 9.72 Å². The zero-order valence-electron chi connectivity index (χ0n) is 14.5. The maximum absolute atomic E-state index is 5.20. The SMILES string of the molecule is COc1ccc(Cc2nc(-c3ccc(CC(C)C)cc3)cs2)cc1. The lowest BCUT2D eigenvalue weighted by atomic mass is 10.0. The normalized spacial score (nSPS) is 11.0. The van der Waals surface area contributed by atoms with Gasteiger partial charge in [-0.25, -0.2) is 4.98 Å². The summed E-state index contributed by atoms with van der Waals surface area (Å²) in [6.45, 7) is 4.50. The third-order valence-electron chi connectivity index (χ3n) is 3.96. The third kappa shape index (κ3) is 4.24. The fraction of sp³-hybridized carbons (Fsp3) is 0.286. The number of rotatable bonds is 6. The second kappa shape index (κ2) is 7.63. The summed E-state index contributed by atoms with van der Waals surface area (Å²) in [4.78, 5) is 4.80. The lowest BCUT2D eigenvalue weighted by molar-refractivity contribution is 0.414. The van der Waals surface area contributed by atoms with Crippen molar-refractivity contribution in [3.05, 3.63) is 70.0 Å². The molecule has 0 amide bonds. The molecule has 0 aliphatic heterocycles. The topological polar surface area (TPSA) is 22.1 Å². The highest BCUT2D eigenvalue weighted by molar-refractivity contribution is 7.10. The predicted molar refractivity (Wildman–Crippen MR) is 102 cm³/mol. The molecule has 2 aromatic carbocycles. The molecule has 3 heteroatoms. The highest BCUT2D eigenvalue weighted by Crippen LogP contribution is 2.25. The lowest BCUT2D eigenvalue weighted by Crippen LogP contribution is -1.93. The van der Waals surface area contributed by atoms with Gasteiger partial charge in [0.1, 0.15) is 5.75 Å². The van der Waals surface area contributed by atoms with E-state index in [1.54, 1.807) is 18.4 Å². The Labute approximate surface area is 148 Å². The molecular formula is C21H23NOS. The number of methoxy groups -OCH3 is 1. The van der Waals surface area contributed by atoms with Gasteiger partial charge in [0, 0.05) is 17.4 Å². The van der Waals surface area contributed by atoms with E-state index in [1.165, 1.54) is 16.7 Å². The molecule has 0 radical (unpaired) electrons. The monoisotopic (exact) mass is 337 g/mol. The summed E-state index contributed by atoms with van der Waals surface area (Å²) >= 11 is 1.72. The van der Waals surface area contributed by atoms with Crippen LogP contribution in [0.3, 0.4) is 0 Å². The molecule has 24 heavy (non-hydrogen) atoms. The Balaban J connectivity index is 1.70. The molecule has 0 aliphatic rings. The first kappa shape index (κ1) is 16.7. The predicted octanol–water partition coefficient (Wildman–Crippen LogP) is 5.61. The van der Waals surface area contributed by atoms with E-state index in [-0.39, 0.29) is 0 Å². The second-order valence-electron chi connectivity index (χ2n) is 6.45. The number of ether oxygens (including phenoxy) is 1. The molecule has 0 unspecified atom stereocenters. The van der Waals surface area contributed by atoms with Crippen LogP contribution in [-0.4, -0.2) is 12.1 Å². The summed E-state index contributed by atoms with van der Waals surface area (Å²) in [6.07, 6.45) is 1.99. The van der Waals surface area contributed by atoms with E-state index >= 15 is 0 Å². The van der Waals surface area contributed by atoms with Crippen molar-refractivity contribution in [3.8, 4) is 17.0 Å². The minimum absolute atomic E-state index is 0.686. The zero-order valence-corrected chi connectivity index (χ0v) is 15.3. The summed E-state index contributed by atoms with van der Waals surface area (Å²) < 4.78 is 5.20. The first-order valence-electron chi connectivity index (χ1n) is 8.30. The maximum Gasteiger partial charge on any atom is 0.118 e. The summed E-state index contributed by atoms with van der Waals surface area (Å²) in [5.74, 6) is 1.58. The van der Waals surface area contributed by atoms with Gasteiger partial charge in [0.15, 0.2) is 0 Å². The van der Waals surface area contributed by atoms with Crippen molar-refractivity contribution in [1.29, 1.82) is 0 Å². The molecule has 2 nitrogen and oxygen atoms in total. The molecule has 0 atom stereocenters. The number of nitrogens with zero attached hydrogens (tertiary/aromatic N) is 1. The molecule has 0 bridgehead atoms. The number of aromatic nitrogens is 1. The lowest BCUT2D eigenvalue weighted by Gasteiger charge is -2.05. The van der Waals surface area contributed by atoms with Gasteiger partial charge in [-0.1, -0.05) is 50.2 Å². The summed E-state index contributed by atoms with van der Waals surface area (Å²) in [5.41, 5.74) is 4.91. The van der Waals surface area contributed by atoms with Crippen molar-refractivity contribution in [1.82, 2.24) is 4.98 Å². The van der Waals surface area contributed by atoms with E-state index in [0.29, 0.717) is 5.92 Å². The van der Waals surface area contributed by atoms with Gasteiger partial charge >= 0.3 is 0 Å². The van der Waals surface area contributed by atoms with Gasteiger partial charge in [0.05, 0.1) is 17.8 Å². The minimum Gasteiger partial charge on any atom is -0.497 e. The van der Waals surface area contributed by atoms with Gasteiger partial charge in [0.2, 0.25) is 0 Å². The van der Waals surface area contributed by atoms with Crippen LogP contribution >= 0.6 is 11.3 Å². The Hall–Kier alpha value is -2.13. The number of benzene rings is 2. The van der Waals surface area contributed by atoms with Crippen LogP contribution in [-0.2, 0) is 12.8 Å². The summed E-state index contributed by atoms with van der Waals surface area (Å²) in [5, 5.41) is 3.29. The van der Waals surface area contributed by atoms with Crippen LogP contribution in [0, 0.1) is 5.92 Å². The molecule has 0 saturated carbocycles. The average Bonchev–Trinajstić information content (AvgIpc) is 3.04. The molecular weight excluding hydrogens is 314 g/mol. The Bertz CT molecular complexity index is 772. The van der Waals surface area contributed by atoms with Crippen molar-refractivity contribution in [3.63, 3.8) is 0 Å². The molecule has 3 rings (SSSR count). The molecule has 0 saturated heterocycles. The van der Waals surface area contributed by atoms with Gasteiger partial charge in [0.25, 0.3) is 0 Å². The van der Waals surface area contributed by atoms with Gasteiger partial charge in [-0.2, -0.15) is 0 Å². The van der Waals surface area contributed by atoms with Crippen LogP contribution in [0.2, 0.25) is 0 Å². The van der Waals surface area contributed by atoms with E-state index < -0.39 is 0 Å². The van der Waals surface area contributed by atoms with Crippen molar-refractivity contribution >= 4 is 11.3 Å². The molecule has 0 spiro atoms. The Morgan fingerprint density at radius 3 is 2.25 bits per heavy atom. The Morgan fingerprint density at radius 1 is 0.958 bits per heavy atom. The van der Waals surface area contributed by atoms with Crippen LogP contribution in [0.4, 0.5) is 0 Å². The number of hydrogen-bond donors (Lipinski definition) is 0. The van der Waals surface area contributed by atoms with Gasteiger partial charge < -0.3 is 4.74 Å². The highest BCUT2D eigenvalue weighted by Gasteiger charge is 2.06. The molecule has 3 aromatic rings. The Morgan fingerprint density at radius 2 is 1.62 bits per heavy atom. The second-order valence-corrected chi connectivity index (χ2v) is 7.39. The van der Waals surface area contributed by atoms with Crippen LogP contribution in [0.1, 0.15) is 30.0 Å². The zero-order chi connectivity index (χ0) is 16.9. The summed E-state index contributed by atoms with van der Waals surface area (Å²) in [6, 6.07) is 17.0. The minimum atomic E-state index is 0.686. The molecule has 0 N–H and O–H groups in total. The quantitative estimate of drug-likeness (QED) is 0.583. The van der Waals surface area contributed by atoms with Gasteiger partial charge in [-0.15, -0.1) is 11.3 Å². The van der Waals surface area contributed by atoms with Crippen LogP contribution in [0.15, 0.2) is 53.9 Å². The van der Waals surface area contributed by atoms with Gasteiger partial charge in [-0.05, 0) is 35.6 Å². The molecule has 124 valence electrons. The standard InChI is InChI=1S/C21H23NOS/c1-15(2)12-16-4-8-18(9-5-16)20-14-24-21(22-20)13-17-6-10-19(23-3)11-7-17/h4-11,14-15H,12-13H2,1-3H3. The number of thiazole rings is 1. The van der Waals surface area contributed by atoms with Crippen molar-refractivity contribution in [2.45, 2.75) is 26.7 Å². The first-order chi connectivity index (χ1) is 11.6. The fourth-order valence-corrected chi connectivity index (χ4v) is 3.56. The van der Waals surface area contributed by atoms with E-state index in [0.717, 1.165) is 29.3 Å². The highest BCUT2D eigenvalue weighted by atomic mass is 32.1. The molecule has 0 aliphatic carbocycles. The molecule has 1 heterocycles. The molecule has 1 aromatic heterocycles. The Kier molecular flexibility index (Phi) is 5.31. The van der Waals surface area contributed by atoms with Crippen LogP contribution in [0.25, 0.3) is 11.3 Å². The van der Waals surface area contributed by atoms with Crippen molar-refractivity contribution < 1.29 is 4.74 Å². The summed E-state index contributed by atoms with van der Waals surface area (Å²) in [7, 11) is 1.69. The van der Waals surface area contributed by atoms with E-state index in [1.807, 2.05) is 12.1 Å². The van der Waals surface area contributed by atoms with Gasteiger partial charge in [-0.3, -0.25) is 0 Å². The van der Waals surface area contributed by atoms with E-state index in [9.17, 15) is 0 Å². The molecule has 0 fully saturated rings. The van der Waals surface area contributed by atoms with Crippen LogP contribution in [0.5, 0.6) is 5.75 Å². The average molecular weight is 337 g/mol.